The van der Waals surface area contributed by atoms with Crippen LogP contribution in [0.3, 0.4) is 0 Å². The fourth-order valence-electron chi connectivity index (χ4n) is 0.845. The summed E-state index contributed by atoms with van der Waals surface area (Å²) in [6.45, 7) is 5.68. The van der Waals surface area contributed by atoms with Gasteiger partial charge in [-0.2, -0.15) is 0 Å². The summed E-state index contributed by atoms with van der Waals surface area (Å²) in [5, 5.41) is 0. The van der Waals surface area contributed by atoms with Gasteiger partial charge in [0.25, 0.3) is 0 Å². The Hall–Kier alpha value is -1.39. The maximum absolute atomic E-state index is 5.49. The molecule has 0 unspecified atom stereocenters. The van der Waals surface area contributed by atoms with E-state index in [1.54, 1.807) is 0 Å². The predicted molar refractivity (Wildman–Crippen MR) is 54.1 cm³/mol. The Labute approximate surface area is 76.9 Å². The summed E-state index contributed by atoms with van der Waals surface area (Å²) in [5.74, 6) is 0. The third-order valence-electron chi connectivity index (χ3n) is 1.39. The maximum atomic E-state index is 5.49. The molecule has 0 saturated carbocycles. The Balaban J connectivity index is -0.000000333. The van der Waals surface area contributed by atoms with Crippen LogP contribution in [0.1, 0.15) is 11.1 Å². The van der Waals surface area contributed by atoms with Gasteiger partial charge in [-0.05, 0) is 18.6 Å². The lowest BCUT2D eigenvalue weighted by Crippen LogP contribution is -1.93. The van der Waals surface area contributed by atoms with Crippen molar-refractivity contribution in [2.24, 2.45) is 5.73 Å². The molecular weight excluding hydrogens is 173 g/mol. The molecule has 6 N–H and O–H groups in total. The first-order valence-electron chi connectivity index (χ1n) is 3.21. The largest absolute Gasteiger partial charge is 0.412 e. The molecule has 4 heteroatoms. The SMILES string of the molecule is C=C(N)c1cccc(C)c1.F.O.O. The van der Waals surface area contributed by atoms with Crippen LogP contribution in [-0.2, 0) is 0 Å². The van der Waals surface area contributed by atoms with Crippen molar-refractivity contribution in [2.45, 2.75) is 6.92 Å². The second-order valence-corrected chi connectivity index (χ2v) is 2.39. The normalized spacial score (nSPS) is 7.15. The lowest BCUT2D eigenvalue weighted by molar-refractivity contribution is 0.823. The van der Waals surface area contributed by atoms with Gasteiger partial charge in [-0.1, -0.05) is 30.3 Å². The van der Waals surface area contributed by atoms with Crippen molar-refractivity contribution in [1.29, 1.82) is 0 Å². The molecule has 0 aromatic heterocycles. The highest BCUT2D eigenvalue weighted by molar-refractivity contribution is 5.60. The molecule has 13 heavy (non-hydrogen) atoms. The molecule has 0 fully saturated rings. The molecule has 0 amide bonds. The number of hydrogen-bond donors (Lipinski definition) is 1. The molecular formula is C9H16FNO2. The average molecular weight is 189 g/mol. The molecule has 1 aromatic carbocycles. The van der Waals surface area contributed by atoms with Crippen molar-refractivity contribution in [1.82, 2.24) is 0 Å². The fourth-order valence-corrected chi connectivity index (χ4v) is 0.845. The summed E-state index contributed by atoms with van der Waals surface area (Å²) in [4.78, 5) is 0. The van der Waals surface area contributed by atoms with Crippen LogP contribution in [0.2, 0.25) is 0 Å². The number of hydrogen-bond acceptors (Lipinski definition) is 1. The van der Waals surface area contributed by atoms with Gasteiger partial charge in [0.1, 0.15) is 0 Å². The van der Waals surface area contributed by atoms with Crippen molar-refractivity contribution < 1.29 is 15.7 Å². The van der Waals surface area contributed by atoms with E-state index in [0.717, 1.165) is 5.56 Å². The van der Waals surface area contributed by atoms with Crippen LogP contribution in [0.5, 0.6) is 0 Å². The molecule has 0 atom stereocenters. The summed E-state index contributed by atoms with van der Waals surface area (Å²) >= 11 is 0. The molecule has 76 valence electrons. The quantitative estimate of drug-likeness (QED) is 0.681. The van der Waals surface area contributed by atoms with E-state index in [1.807, 2.05) is 31.2 Å². The highest BCUT2D eigenvalue weighted by Crippen LogP contribution is 2.08. The van der Waals surface area contributed by atoms with Crippen molar-refractivity contribution in [3.8, 4) is 0 Å². The lowest BCUT2D eigenvalue weighted by atomic mass is 10.1. The smallest absolute Gasteiger partial charge is 0.0314 e. The molecule has 1 aromatic rings. The minimum atomic E-state index is 0. The number of nitrogens with two attached hydrogens (primary N) is 1. The van der Waals surface area contributed by atoms with Crippen molar-refractivity contribution in [3.63, 3.8) is 0 Å². The predicted octanol–water partition coefficient (Wildman–Crippen LogP) is 0.428. The second-order valence-electron chi connectivity index (χ2n) is 2.39. The summed E-state index contributed by atoms with van der Waals surface area (Å²) in [5.41, 5.74) is 8.34. The van der Waals surface area contributed by atoms with Crippen LogP contribution in [-0.4, -0.2) is 11.0 Å². The molecule has 3 nitrogen and oxygen atoms in total. The summed E-state index contributed by atoms with van der Waals surface area (Å²) < 4.78 is 0. The van der Waals surface area contributed by atoms with Gasteiger partial charge in [0.2, 0.25) is 0 Å². The molecule has 1 rings (SSSR count). The Morgan fingerprint density at radius 1 is 1.31 bits per heavy atom. The van der Waals surface area contributed by atoms with Gasteiger partial charge in [-0.25, -0.2) is 0 Å². The van der Waals surface area contributed by atoms with E-state index in [4.69, 9.17) is 5.73 Å². The molecule has 0 radical (unpaired) electrons. The van der Waals surface area contributed by atoms with Crippen LogP contribution in [0.15, 0.2) is 30.8 Å². The highest BCUT2D eigenvalue weighted by Gasteiger charge is 1.91. The monoisotopic (exact) mass is 189 g/mol. The standard InChI is InChI=1S/C9H11N.FH.2H2O/c1-7-4-3-5-9(6-7)8(2)10;;;/h3-6H,2,10H2,1H3;1H;2*1H2. The molecule has 0 aliphatic rings. The number of aryl methyl sites for hydroxylation is 1. The zero-order valence-electron chi connectivity index (χ0n) is 7.50. The first kappa shape index (κ1) is 17.6. The molecule has 0 heterocycles. The zero-order valence-corrected chi connectivity index (χ0v) is 7.50. The first-order chi connectivity index (χ1) is 4.70. The molecule has 0 aliphatic heterocycles. The minimum Gasteiger partial charge on any atom is -0.412 e. The highest BCUT2D eigenvalue weighted by atomic mass is 19.0. The van der Waals surface area contributed by atoms with Gasteiger partial charge in [0.05, 0.1) is 0 Å². The minimum absolute atomic E-state index is 0. The molecule has 0 saturated heterocycles. The van der Waals surface area contributed by atoms with E-state index >= 15 is 0 Å². The van der Waals surface area contributed by atoms with Gasteiger partial charge in [-0.3, -0.25) is 4.70 Å². The number of rotatable bonds is 1. The van der Waals surface area contributed by atoms with Gasteiger partial charge < -0.3 is 16.7 Å². The molecule has 0 bridgehead atoms. The van der Waals surface area contributed by atoms with E-state index in [0.29, 0.717) is 5.70 Å². The van der Waals surface area contributed by atoms with Crippen LogP contribution in [0.25, 0.3) is 5.70 Å². The van der Waals surface area contributed by atoms with Crippen LogP contribution in [0.4, 0.5) is 4.70 Å². The zero-order chi connectivity index (χ0) is 7.56. The Bertz CT molecular complexity index is 264. The van der Waals surface area contributed by atoms with E-state index < -0.39 is 0 Å². The van der Waals surface area contributed by atoms with Gasteiger partial charge in [0.15, 0.2) is 0 Å². The Morgan fingerprint density at radius 3 is 2.15 bits per heavy atom. The van der Waals surface area contributed by atoms with Crippen LogP contribution >= 0.6 is 0 Å². The second kappa shape index (κ2) is 7.27. The summed E-state index contributed by atoms with van der Waals surface area (Å²) in [7, 11) is 0. The van der Waals surface area contributed by atoms with Crippen molar-refractivity contribution in [3.05, 3.63) is 42.0 Å². The van der Waals surface area contributed by atoms with Crippen LogP contribution in [0, 0.1) is 6.92 Å². The molecule has 0 aliphatic carbocycles. The van der Waals surface area contributed by atoms with Gasteiger partial charge >= 0.3 is 0 Å². The molecule has 0 spiro atoms. The van der Waals surface area contributed by atoms with E-state index in [9.17, 15) is 0 Å². The topological polar surface area (TPSA) is 89.0 Å². The van der Waals surface area contributed by atoms with Gasteiger partial charge in [0, 0.05) is 5.70 Å². The number of halogens is 1. The fraction of sp³-hybridized carbons (Fsp3) is 0.111. The lowest BCUT2D eigenvalue weighted by Gasteiger charge is -1.98. The van der Waals surface area contributed by atoms with E-state index in [2.05, 4.69) is 6.58 Å². The number of benzene rings is 1. The summed E-state index contributed by atoms with van der Waals surface area (Å²) in [6, 6.07) is 7.98. The van der Waals surface area contributed by atoms with Crippen molar-refractivity contribution >= 4 is 5.70 Å². The first-order valence-corrected chi connectivity index (χ1v) is 3.21. The maximum Gasteiger partial charge on any atom is 0.0314 e. The Kier molecular flexibility index (Phi) is 9.86. The Morgan fingerprint density at radius 2 is 1.85 bits per heavy atom. The van der Waals surface area contributed by atoms with E-state index in [-0.39, 0.29) is 15.7 Å². The van der Waals surface area contributed by atoms with E-state index in [1.165, 1.54) is 5.56 Å². The third kappa shape index (κ3) is 4.95. The third-order valence-corrected chi connectivity index (χ3v) is 1.39. The van der Waals surface area contributed by atoms with Gasteiger partial charge in [-0.15, -0.1) is 0 Å². The summed E-state index contributed by atoms with van der Waals surface area (Å²) in [6.07, 6.45) is 0. The van der Waals surface area contributed by atoms with Crippen molar-refractivity contribution in [2.75, 3.05) is 0 Å². The van der Waals surface area contributed by atoms with Crippen LogP contribution < -0.4 is 5.73 Å². The average Bonchev–Trinajstić information content (AvgIpc) is 1.88.